The first-order chi connectivity index (χ1) is 8.69. The normalized spacial score (nSPS) is 26.4. The molecular formula is C17H23N. The van der Waals surface area contributed by atoms with Crippen LogP contribution in [0.1, 0.15) is 42.4 Å². The molecule has 1 aromatic rings. The Hall–Kier alpha value is -1.24. The summed E-state index contributed by atoms with van der Waals surface area (Å²) in [6, 6.07) is 6.91. The summed E-state index contributed by atoms with van der Waals surface area (Å²) >= 11 is 0. The fourth-order valence-corrected chi connectivity index (χ4v) is 3.05. The molecule has 1 aliphatic heterocycles. The van der Waals surface area contributed by atoms with Crippen LogP contribution in [0.25, 0.3) is 0 Å². The van der Waals surface area contributed by atoms with Crippen LogP contribution in [0.5, 0.6) is 0 Å². The topological polar surface area (TPSA) is 3.24 Å². The third kappa shape index (κ3) is 2.07. The zero-order chi connectivity index (χ0) is 12.7. The monoisotopic (exact) mass is 241 g/mol. The molecular weight excluding hydrogens is 218 g/mol. The first kappa shape index (κ1) is 11.8. The molecule has 1 nitrogen and oxygen atoms in total. The molecule has 0 saturated carbocycles. The molecule has 3 rings (SSSR count). The molecule has 0 radical (unpaired) electrons. The number of benzene rings is 1. The number of hydrogen-bond donors (Lipinski definition) is 0. The van der Waals surface area contributed by atoms with E-state index in [1.54, 1.807) is 5.70 Å². The Morgan fingerprint density at radius 3 is 2.72 bits per heavy atom. The molecule has 0 aromatic heterocycles. The summed E-state index contributed by atoms with van der Waals surface area (Å²) in [5.74, 6) is 1.53. The lowest BCUT2D eigenvalue weighted by molar-refractivity contribution is 0.408. The Labute approximate surface area is 111 Å². The smallest absolute Gasteiger partial charge is 0.0436 e. The molecule has 96 valence electrons. The first-order valence-corrected chi connectivity index (χ1v) is 7.23. The lowest BCUT2D eigenvalue weighted by Gasteiger charge is -2.16. The Bertz CT molecular complexity index is 486. The zero-order valence-electron chi connectivity index (χ0n) is 11.7. The van der Waals surface area contributed by atoms with Crippen LogP contribution in [-0.4, -0.2) is 18.0 Å². The van der Waals surface area contributed by atoms with Gasteiger partial charge in [-0.25, -0.2) is 0 Å². The van der Waals surface area contributed by atoms with E-state index in [4.69, 9.17) is 0 Å². The second kappa shape index (κ2) is 4.46. The van der Waals surface area contributed by atoms with Gasteiger partial charge in [0, 0.05) is 24.7 Å². The minimum atomic E-state index is 0.611. The van der Waals surface area contributed by atoms with E-state index in [0.29, 0.717) is 5.92 Å². The van der Waals surface area contributed by atoms with Crippen LogP contribution >= 0.6 is 0 Å². The molecule has 0 spiro atoms. The van der Waals surface area contributed by atoms with Crippen LogP contribution < -0.4 is 0 Å². The summed E-state index contributed by atoms with van der Waals surface area (Å²) in [5.41, 5.74) is 5.87. The van der Waals surface area contributed by atoms with Crippen LogP contribution in [0.4, 0.5) is 0 Å². The molecule has 1 heteroatoms. The van der Waals surface area contributed by atoms with E-state index >= 15 is 0 Å². The molecule has 2 aliphatic rings. The quantitative estimate of drug-likeness (QED) is 0.772. The van der Waals surface area contributed by atoms with Gasteiger partial charge in [0.05, 0.1) is 0 Å². The van der Waals surface area contributed by atoms with Crippen molar-refractivity contribution in [1.29, 1.82) is 0 Å². The molecule has 0 amide bonds. The average Bonchev–Trinajstić information content (AvgIpc) is 3.02. The molecule has 18 heavy (non-hydrogen) atoms. The second-order valence-corrected chi connectivity index (χ2v) is 5.92. The highest BCUT2D eigenvalue weighted by atomic mass is 15.2. The molecule has 1 aromatic carbocycles. The summed E-state index contributed by atoms with van der Waals surface area (Å²) in [6.07, 6.45) is 5.15. The number of allylic oxidation sites excluding steroid dienone is 2. The van der Waals surface area contributed by atoms with E-state index < -0.39 is 0 Å². The van der Waals surface area contributed by atoms with E-state index in [0.717, 1.165) is 5.92 Å². The Kier molecular flexibility index (Phi) is 2.93. The largest absolute Gasteiger partial charge is 0.374 e. The van der Waals surface area contributed by atoms with Crippen molar-refractivity contribution in [2.24, 2.45) is 5.92 Å². The molecule has 1 saturated heterocycles. The van der Waals surface area contributed by atoms with Gasteiger partial charge >= 0.3 is 0 Å². The van der Waals surface area contributed by atoms with Gasteiger partial charge in [-0.3, -0.25) is 0 Å². The van der Waals surface area contributed by atoms with Crippen molar-refractivity contribution < 1.29 is 0 Å². The number of likely N-dealkylation sites (tertiary alicyclic amines) is 1. The Morgan fingerprint density at radius 1 is 1.22 bits per heavy atom. The van der Waals surface area contributed by atoms with E-state index in [9.17, 15) is 0 Å². The molecule has 1 heterocycles. The maximum absolute atomic E-state index is 2.61. The highest BCUT2D eigenvalue weighted by Crippen LogP contribution is 2.44. The van der Waals surface area contributed by atoms with E-state index in [-0.39, 0.29) is 0 Å². The minimum Gasteiger partial charge on any atom is -0.374 e. The van der Waals surface area contributed by atoms with Crippen molar-refractivity contribution in [2.75, 3.05) is 13.1 Å². The minimum absolute atomic E-state index is 0.611. The number of nitrogens with zero attached hydrogens (tertiary/aromatic N) is 1. The standard InChI is InChI=1S/C17H23N/c1-4-14-7-8-18(11-14)17-10-16(17)15-6-5-12(2)13(3)9-15/h5-6,9-10,14,16H,4,7-8,11H2,1-3H3/t14-,16?/m0/s1. The average molecular weight is 241 g/mol. The van der Waals surface area contributed by atoms with E-state index in [1.165, 1.54) is 42.6 Å². The summed E-state index contributed by atoms with van der Waals surface area (Å²) in [7, 11) is 0. The molecule has 0 N–H and O–H groups in total. The Morgan fingerprint density at radius 2 is 2.06 bits per heavy atom. The molecule has 2 atom stereocenters. The maximum Gasteiger partial charge on any atom is 0.0436 e. The van der Waals surface area contributed by atoms with Crippen molar-refractivity contribution >= 4 is 0 Å². The number of rotatable bonds is 3. The molecule has 1 aliphatic carbocycles. The van der Waals surface area contributed by atoms with Crippen LogP contribution in [0.3, 0.4) is 0 Å². The first-order valence-electron chi connectivity index (χ1n) is 7.23. The summed E-state index contributed by atoms with van der Waals surface area (Å²) in [6.45, 7) is 9.27. The highest BCUT2D eigenvalue weighted by Gasteiger charge is 2.34. The van der Waals surface area contributed by atoms with E-state index in [1.807, 2.05) is 0 Å². The van der Waals surface area contributed by atoms with Gasteiger partial charge in [0.25, 0.3) is 0 Å². The van der Waals surface area contributed by atoms with Crippen molar-refractivity contribution in [3.8, 4) is 0 Å². The SMILES string of the molecule is CC[C@H]1CCN(C2=CC2c2ccc(C)c(C)c2)C1. The summed E-state index contributed by atoms with van der Waals surface area (Å²) in [4.78, 5) is 2.61. The van der Waals surface area contributed by atoms with Gasteiger partial charge < -0.3 is 4.90 Å². The van der Waals surface area contributed by atoms with Gasteiger partial charge in [0.15, 0.2) is 0 Å². The molecule has 1 fully saturated rings. The number of aryl methyl sites for hydroxylation is 2. The van der Waals surface area contributed by atoms with Gasteiger partial charge in [-0.05, 0) is 42.9 Å². The third-order valence-corrected chi connectivity index (χ3v) is 4.67. The molecule has 1 unspecified atom stereocenters. The summed E-state index contributed by atoms with van der Waals surface area (Å²) in [5, 5.41) is 0. The van der Waals surface area contributed by atoms with Gasteiger partial charge in [-0.1, -0.05) is 37.6 Å². The fraction of sp³-hybridized carbons (Fsp3) is 0.529. The number of hydrogen-bond acceptors (Lipinski definition) is 1. The zero-order valence-corrected chi connectivity index (χ0v) is 11.7. The second-order valence-electron chi connectivity index (χ2n) is 5.92. The van der Waals surface area contributed by atoms with Crippen LogP contribution in [0, 0.1) is 19.8 Å². The maximum atomic E-state index is 2.61. The van der Waals surface area contributed by atoms with Crippen LogP contribution in [-0.2, 0) is 0 Å². The predicted molar refractivity (Wildman–Crippen MR) is 76.7 cm³/mol. The Balaban J connectivity index is 1.66. The van der Waals surface area contributed by atoms with Crippen molar-refractivity contribution in [3.05, 3.63) is 46.7 Å². The lowest BCUT2D eigenvalue weighted by Crippen LogP contribution is -2.16. The summed E-state index contributed by atoms with van der Waals surface area (Å²) < 4.78 is 0. The van der Waals surface area contributed by atoms with Gasteiger partial charge in [0.1, 0.15) is 0 Å². The van der Waals surface area contributed by atoms with Gasteiger partial charge in [-0.15, -0.1) is 0 Å². The molecule has 0 bridgehead atoms. The van der Waals surface area contributed by atoms with Gasteiger partial charge in [0.2, 0.25) is 0 Å². The van der Waals surface area contributed by atoms with Crippen molar-refractivity contribution in [1.82, 2.24) is 4.90 Å². The van der Waals surface area contributed by atoms with Crippen molar-refractivity contribution in [3.63, 3.8) is 0 Å². The van der Waals surface area contributed by atoms with Crippen molar-refractivity contribution in [2.45, 2.75) is 39.5 Å². The highest BCUT2D eigenvalue weighted by molar-refractivity contribution is 5.47. The third-order valence-electron chi connectivity index (χ3n) is 4.67. The van der Waals surface area contributed by atoms with Crippen LogP contribution in [0.2, 0.25) is 0 Å². The predicted octanol–water partition coefficient (Wildman–Crippen LogP) is 4.02. The van der Waals surface area contributed by atoms with Crippen LogP contribution in [0.15, 0.2) is 30.0 Å². The van der Waals surface area contributed by atoms with Gasteiger partial charge in [-0.2, -0.15) is 0 Å². The lowest BCUT2D eigenvalue weighted by atomic mass is 10.0. The fourth-order valence-electron chi connectivity index (χ4n) is 3.05. The van der Waals surface area contributed by atoms with E-state index in [2.05, 4.69) is 49.9 Å².